The Morgan fingerprint density at radius 1 is 1.42 bits per heavy atom. The normalized spacial score (nSPS) is 12.3. The molecule has 0 saturated carbocycles. The first-order chi connectivity index (χ1) is 8.90. The smallest absolute Gasteiger partial charge is 0.448 e. The molecular weight excluding hydrogens is 275 g/mol. The summed E-state index contributed by atoms with van der Waals surface area (Å²) in [7, 11) is 0. The summed E-state index contributed by atoms with van der Waals surface area (Å²) in [4.78, 5) is 4.00. The third-order valence-corrected chi connectivity index (χ3v) is 3.19. The van der Waals surface area contributed by atoms with Crippen LogP contribution >= 0.6 is 11.3 Å². The predicted molar refractivity (Wildman–Crippen MR) is 68.8 cm³/mol. The second kappa shape index (κ2) is 4.94. The number of thiazole rings is 1. The van der Waals surface area contributed by atoms with Gasteiger partial charge in [0, 0.05) is 11.6 Å². The number of nitrogens with zero attached hydrogens (tertiary/aromatic N) is 1. The molecule has 1 heterocycles. The van der Waals surface area contributed by atoms with Crippen molar-refractivity contribution in [2.24, 2.45) is 0 Å². The number of alkyl halides is 3. The van der Waals surface area contributed by atoms with E-state index in [2.05, 4.69) is 16.8 Å². The largest absolute Gasteiger partial charge is 0.504 e. The Kier molecular flexibility index (Phi) is 3.49. The molecule has 0 bridgehead atoms. The lowest BCUT2D eigenvalue weighted by Crippen LogP contribution is -2.10. The van der Waals surface area contributed by atoms with Gasteiger partial charge in [-0.2, -0.15) is 13.2 Å². The Labute approximate surface area is 111 Å². The molecule has 1 N–H and O–H groups in total. The van der Waals surface area contributed by atoms with Crippen LogP contribution < -0.4 is 0 Å². The Morgan fingerprint density at radius 3 is 2.79 bits per heavy atom. The van der Waals surface area contributed by atoms with Gasteiger partial charge in [0.15, 0.2) is 0 Å². The first-order valence-electron chi connectivity index (χ1n) is 5.21. The second-order valence-corrected chi connectivity index (χ2v) is 4.70. The Morgan fingerprint density at radius 2 is 2.16 bits per heavy atom. The minimum absolute atomic E-state index is 0.103. The molecule has 0 aliphatic heterocycles. The van der Waals surface area contributed by atoms with Crippen LogP contribution in [0.5, 0.6) is 0 Å². The molecular formula is C13H8F3NOS. The summed E-state index contributed by atoms with van der Waals surface area (Å²) < 4.78 is 37.3. The van der Waals surface area contributed by atoms with E-state index in [9.17, 15) is 13.2 Å². The van der Waals surface area contributed by atoms with Gasteiger partial charge in [0.25, 0.3) is 0 Å². The molecule has 2 nitrogen and oxygen atoms in total. The van der Waals surface area contributed by atoms with Crippen molar-refractivity contribution in [2.75, 3.05) is 0 Å². The molecule has 2 aromatic rings. The van der Waals surface area contributed by atoms with E-state index in [1.165, 1.54) is 0 Å². The number of rotatable bonds is 1. The highest BCUT2D eigenvalue weighted by Crippen LogP contribution is 2.29. The topological polar surface area (TPSA) is 33.1 Å². The monoisotopic (exact) mass is 283 g/mol. The van der Waals surface area contributed by atoms with E-state index in [0.717, 1.165) is 21.6 Å². The van der Waals surface area contributed by atoms with Crippen LogP contribution in [0.25, 0.3) is 16.3 Å². The van der Waals surface area contributed by atoms with Gasteiger partial charge in [-0.1, -0.05) is 5.92 Å². The van der Waals surface area contributed by atoms with E-state index in [1.807, 2.05) is 0 Å². The maximum absolute atomic E-state index is 12.2. The third-order valence-electron chi connectivity index (χ3n) is 2.22. The lowest BCUT2D eigenvalue weighted by atomic mass is 10.2. The molecule has 19 heavy (non-hydrogen) atoms. The van der Waals surface area contributed by atoms with E-state index in [-0.39, 0.29) is 5.01 Å². The van der Waals surface area contributed by atoms with Gasteiger partial charge >= 0.3 is 6.18 Å². The number of halogens is 3. The molecule has 0 spiro atoms. The Bertz CT molecular complexity index is 704. The maximum atomic E-state index is 12.2. The molecule has 1 aromatic heterocycles. The van der Waals surface area contributed by atoms with Crippen LogP contribution in [-0.4, -0.2) is 16.3 Å². The summed E-state index contributed by atoms with van der Waals surface area (Å²) in [5.74, 6) is 3.95. The van der Waals surface area contributed by atoms with Crippen LogP contribution in [0.15, 0.2) is 24.0 Å². The first kappa shape index (κ1) is 13.4. The van der Waals surface area contributed by atoms with Crippen LogP contribution in [0.3, 0.4) is 0 Å². The number of hydrogen-bond acceptors (Lipinski definition) is 3. The zero-order valence-electron chi connectivity index (χ0n) is 9.75. The molecule has 0 radical (unpaired) electrons. The number of aliphatic hydroxyl groups is 1. The van der Waals surface area contributed by atoms with Crippen molar-refractivity contribution in [3.05, 3.63) is 34.5 Å². The van der Waals surface area contributed by atoms with Crippen molar-refractivity contribution in [1.82, 2.24) is 4.98 Å². The van der Waals surface area contributed by atoms with Gasteiger partial charge in [-0.05, 0) is 25.1 Å². The minimum Gasteiger partial charge on any atom is -0.504 e. The van der Waals surface area contributed by atoms with E-state index in [1.54, 1.807) is 25.1 Å². The second-order valence-electron chi connectivity index (χ2n) is 3.64. The third kappa shape index (κ3) is 3.06. The van der Waals surface area contributed by atoms with Gasteiger partial charge in [0.1, 0.15) is 5.01 Å². The first-order valence-corrected chi connectivity index (χ1v) is 6.03. The number of hydrogen-bond donors (Lipinski definition) is 1. The highest BCUT2D eigenvalue weighted by Gasteiger charge is 2.33. The average Bonchev–Trinajstić information content (AvgIpc) is 2.69. The summed E-state index contributed by atoms with van der Waals surface area (Å²) in [5.41, 5.74) is 1.35. The molecule has 98 valence electrons. The molecule has 2 rings (SSSR count). The fraction of sp³-hybridized carbons (Fsp3) is 0.154. The molecule has 6 heteroatoms. The summed E-state index contributed by atoms with van der Waals surface area (Å²) in [6.45, 7) is 1.70. The van der Waals surface area contributed by atoms with Gasteiger partial charge < -0.3 is 5.11 Å². The van der Waals surface area contributed by atoms with Gasteiger partial charge in [0.05, 0.1) is 10.2 Å². The van der Waals surface area contributed by atoms with Crippen LogP contribution in [0, 0.1) is 11.8 Å². The summed E-state index contributed by atoms with van der Waals surface area (Å²) in [5, 5.41) is 8.99. The van der Waals surface area contributed by atoms with Gasteiger partial charge in [-0.25, -0.2) is 4.98 Å². The van der Waals surface area contributed by atoms with Crippen molar-refractivity contribution in [1.29, 1.82) is 0 Å². The van der Waals surface area contributed by atoms with Gasteiger partial charge in [0.2, 0.25) is 5.76 Å². The van der Waals surface area contributed by atoms with Crippen LogP contribution in [0.1, 0.15) is 17.5 Å². The molecule has 0 aliphatic carbocycles. The number of fused-ring (bicyclic) bond motifs is 1. The molecule has 0 atom stereocenters. The average molecular weight is 283 g/mol. The Balaban J connectivity index is 2.44. The standard InChI is InChI=1S/C13H8F3NOS/c1-2-3-8-4-5-9-10(6-8)19-12(17-9)7-11(18)13(14,15)16/h4-7,18H,1H3. The number of aliphatic hydroxyl groups excluding tert-OH is 1. The van der Waals surface area contributed by atoms with Crippen molar-refractivity contribution in [3.63, 3.8) is 0 Å². The van der Waals surface area contributed by atoms with Crippen molar-refractivity contribution < 1.29 is 18.3 Å². The zero-order valence-corrected chi connectivity index (χ0v) is 10.6. The molecule has 0 saturated heterocycles. The molecule has 0 fully saturated rings. The van der Waals surface area contributed by atoms with Crippen molar-refractivity contribution in [2.45, 2.75) is 13.1 Å². The lowest BCUT2D eigenvalue weighted by molar-refractivity contribution is -0.119. The van der Waals surface area contributed by atoms with Gasteiger partial charge in [-0.15, -0.1) is 17.3 Å². The summed E-state index contributed by atoms with van der Waals surface area (Å²) >= 11 is 1.07. The zero-order chi connectivity index (χ0) is 14.0. The highest BCUT2D eigenvalue weighted by molar-refractivity contribution is 7.19. The van der Waals surface area contributed by atoms with E-state index in [0.29, 0.717) is 11.6 Å². The molecule has 0 amide bonds. The van der Waals surface area contributed by atoms with Crippen LogP contribution in [0.2, 0.25) is 0 Å². The predicted octanol–water partition coefficient (Wildman–Crippen LogP) is 4.13. The number of allylic oxidation sites excluding steroid dienone is 1. The molecule has 0 unspecified atom stereocenters. The summed E-state index contributed by atoms with van der Waals surface area (Å²) in [6.07, 6.45) is -4.13. The number of benzene rings is 1. The quantitative estimate of drug-likeness (QED) is 0.630. The number of aromatic nitrogens is 1. The highest BCUT2D eigenvalue weighted by atomic mass is 32.1. The SMILES string of the molecule is CC#Cc1ccc2nc(C=C(O)C(F)(F)F)sc2c1. The van der Waals surface area contributed by atoms with Crippen LogP contribution in [-0.2, 0) is 0 Å². The fourth-order valence-corrected chi connectivity index (χ4v) is 2.37. The summed E-state index contributed by atoms with van der Waals surface area (Å²) in [6, 6.07) is 5.19. The van der Waals surface area contributed by atoms with Crippen molar-refractivity contribution in [3.8, 4) is 11.8 Å². The fourth-order valence-electron chi connectivity index (χ4n) is 1.43. The lowest BCUT2D eigenvalue weighted by Gasteiger charge is -2.02. The molecule has 0 aliphatic rings. The minimum atomic E-state index is -4.75. The van der Waals surface area contributed by atoms with E-state index < -0.39 is 11.9 Å². The molecule has 1 aromatic carbocycles. The van der Waals surface area contributed by atoms with Crippen LogP contribution in [0.4, 0.5) is 13.2 Å². The van der Waals surface area contributed by atoms with Crippen molar-refractivity contribution >= 4 is 27.6 Å². The Hall–Kier alpha value is -2.00. The van der Waals surface area contributed by atoms with E-state index >= 15 is 0 Å². The maximum Gasteiger partial charge on any atom is 0.448 e. The van der Waals surface area contributed by atoms with E-state index in [4.69, 9.17) is 5.11 Å². The van der Waals surface area contributed by atoms with Gasteiger partial charge in [-0.3, -0.25) is 0 Å².